The lowest BCUT2D eigenvalue weighted by atomic mass is 10.1. The number of hydrogen-bond acceptors (Lipinski definition) is 3. The molecule has 102 valence electrons. The molecule has 0 bridgehead atoms. The highest BCUT2D eigenvalue weighted by Crippen LogP contribution is 2.20. The predicted octanol–water partition coefficient (Wildman–Crippen LogP) is 3.48. The van der Waals surface area contributed by atoms with E-state index in [4.69, 9.17) is 9.15 Å². The molecule has 3 nitrogen and oxygen atoms in total. The van der Waals surface area contributed by atoms with E-state index in [0.717, 1.165) is 18.9 Å². The van der Waals surface area contributed by atoms with Crippen LogP contribution in [0.15, 0.2) is 16.7 Å². The van der Waals surface area contributed by atoms with E-state index in [9.17, 15) is 0 Å². The summed E-state index contributed by atoms with van der Waals surface area (Å²) in [6, 6.07) is 2.74. The fourth-order valence-corrected chi connectivity index (χ4v) is 2.04. The molecule has 1 N–H and O–H groups in total. The van der Waals surface area contributed by atoms with E-state index < -0.39 is 0 Å². The molecule has 1 aromatic rings. The topological polar surface area (TPSA) is 34.4 Å². The zero-order valence-corrected chi connectivity index (χ0v) is 11.6. The van der Waals surface area contributed by atoms with Crippen molar-refractivity contribution < 1.29 is 9.15 Å². The second-order valence-corrected chi connectivity index (χ2v) is 5.22. The fraction of sp³-hybridized carbons (Fsp3) is 0.733. The van der Waals surface area contributed by atoms with Gasteiger partial charge in [0.05, 0.1) is 19.4 Å². The molecule has 0 saturated heterocycles. The summed E-state index contributed by atoms with van der Waals surface area (Å²) in [6.45, 7) is 6.81. The van der Waals surface area contributed by atoms with Crippen molar-refractivity contribution >= 4 is 0 Å². The quantitative estimate of drug-likeness (QED) is 0.729. The predicted molar refractivity (Wildman–Crippen MR) is 72.3 cm³/mol. The van der Waals surface area contributed by atoms with Crippen LogP contribution < -0.4 is 5.32 Å². The van der Waals surface area contributed by atoms with E-state index in [2.05, 4.69) is 19.2 Å². The summed E-state index contributed by atoms with van der Waals surface area (Å²) in [5, 5.41) is 3.47. The fourth-order valence-electron chi connectivity index (χ4n) is 2.04. The van der Waals surface area contributed by atoms with Gasteiger partial charge in [-0.2, -0.15) is 0 Å². The van der Waals surface area contributed by atoms with E-state index in [1.807, 2.05) is 6.07 Å². The van der Waals surface area contributed by atoms with Gasteiger partial charge in [-0.25, -0.2) is 0 Å². The van der Waals surface area contributed by atoms with E-state index in [0.29, 0.717) is 18.6 Å². The van der Waals surface area contributed by atoms with Crippen molar-refractivity contribution in [2.75, 3.05) is 6.61 Å². The first-order valence-electron chi connectivity index (χ1n) is 7.19. The summed E-state index contributed by atoms with van der Waals surface area (Å²) < 4.78 is 11.3. The minimum atomic E-state index is 0.675. The van der Waals surface area contributed by atoms with Crippen molar-refractivity contribution in [3.8, 4) is 0 Å². The molecule has 0 radical (unpaired) electrons. The van der Waals surface area contributed by atoms with Gasteiger partial charge < -0.3 is 14.5 Å². The molecule has 3 heteroatoms. The minimum absolute atomic E-state index is 0.675. The molecule has 1 aromatic heterocycles. The Labute approximate surface area is 110 Å². The third-order valence-corrected chi connectivity index (χ3v) is 3.73. The maximum Gasteiger partial charge on any atom is 0.123 e. The van der Waals surface area contributed by atoms with Gasteiger partial charge in [-0.15, -0.1) is 0 Å². The molecule has 1 aliphatic rings. The maximum atomic E-state index is 5.80. The van der Waals surface area contributed by atoms with Crippen LogP contribution in [0.25, 0.3) is 0 Å². The van der Waals surface area contributed by atoms with Gasteiger partial charge in [0.2, 0.25) is 0 Å². The maximum absolute atomic E-state index is 5.80. The Morgan fingerprint density at radius 3 is 2.83 bits per heavy atom. The van der Waals surface area contributed by atoms with E-state index in [1.54, 1.807) is 6.26 Å². The average Bonchev–Trinajstić information content (AvgIpc) is 3.12. The Morgan fingerprint density at radius 1 is 1.39 bits per heavy atom. The van der Waals surface area contributed by atoms with Gasteiger partial charge in [-0.3, -0.25) is 0 Å². The molecule has 2 rings (SSSR count). The van der Waals surface area contributed by atoms with Crippen LogP contribution in [0.4, 0.5) is 0 Å². The molecule has 0 atom stereocenters. The van der Waals surface area contributed by atoms with Crippen molar-refractivity contribution in [3.05, 3.63) is 23.7 Å². The molecule has 0 amide bonds. The molecule has 1 fully saturated rings. The Kier molecular flexibility index (Phi) is 5.26. The van der Waals surface area contributed by atoms with Crippen LogP contribution in [0.3, 0.4) is 0 Å². The average molecular weight is 251 g/mol. The van der Waals surface area contributed by atoms with Gasteiger partial charge in [0.1, 0.15) is 5.76 Å². The lowest BCUT2D eigenvalue weighted by molar-refractivity contribution is 0.0833. The molecule has 0 aliphatic heterocycles. The van der Waals surface area contributed by atoms with Gasteiger partial charge in [-0.05, 0) is 24.8 Å². The number of rotatable bonds is 9. The van der Waals surface area contributed by atoms with Gasteiger partial charge in [0.25, 0.3) is 0 Å². The molecule has 1 heterocycles. The first-order chi connectivity index (χ1) is 8.83. The number of hydrogen-bond donors (Lipinski definition) is 1. The molecule has 1 aliphatic carbocycles. The first kappa shape index (κ1) is 13.6. The van der Waals surface area contributed by atoms with Crippen LogP contribution in [0, 0.1) is 5.92 Å². The van der Waals surface area contributed by atoms with Gasteiger partial charge in [-0.1, -0.05) is 26.7 Å². The smallest absolute Gasteiger partial charge is 0.123 e. The summed E-state index contributed by atoms with van der Waals surface area (Å²) in [4.78, 5) is 0. The summed E-state index contributed by atoms with van der Waals surface area (Å²) in [7, 11) is 0. The summed E-state index contributed by atoms with van der Waals surface area (Å²) in [5.41, 5.74) is 1.19. The largest absolute Gasteiger partial charge is 0.468 e. The second kappa shape index (κ2) is 6.95. The van der Waals surface area contributed by atoms with Gasteiger partial charge in [0, 0.05) is 18.2 Å². The molecular formula is C15H25NO2. The monoisotopic (exact) mass is 251 g/mol. The van der Waals surface area contributed by atoms with Crippen LogP contribution >= 0.6 is 0 Å². The summed E-state index contributed by atoms with van der Waals surface area (Å²) in [5.74, 6) is 1.72. The lowest BCUT2D eigenvalue weighted by Crippen LogP contribution is -2.16. The Balaban J connectivity index is 1.72. The molecule has 0 aromatic carbocycles. The molecule has 1 saturated carbocycles. The van der Waals surface area contributed by atoms with Crippen LogP contribution in [0.2, 0.25) is 0 Å². The Morgan fingerprint density at radius 2 is 2.17 bits per heavy atom. The normalized spacial score (nSPS) is 15.5. The SMILES string of the molecule is CCC(CC)COCc1ccoc1CNC1CC1. The third kappa shape index (κ3) is 4.14. The van der Waals surface area contributed by atoms with E-state index in [1.165, 1.54) is 31.2 Å². The minimum Gasteiger partial charge on any atom is -0.468 e. The highest BCUT2D eigenvalue weighted by atomic mass is 16.5. The van der Waals surface area contributed by atoms with Crippen LogP contribution in [-0.4, -0.2) is 12.6 Å². The third-order valence-electron chi connectivity index (χ3n) is 3.73. The lowest BCUT2D eigenvalue weighted by Gasteiger charge is -2.12. The van der Waals surface area contributed by atoms with Crippen molar-refractivity contribution in [2.24, 2.45) is 5.92 Å². The zero-order chi connectivity index (χ0) is 12.8. The molecular weight excluding hydrogens is 226 g/mol. The van der Waals surface area contributed by atoms with E-state index in [-0.39, 0.29) is 0 Å². The number of nitrogens with one attached hydrogen (secondary N) is 1. The second-order valence-electron chi connectivity index (χ2n) is 5.22. The molecule has 0 unspecified atom stereocenters. The Bertz CT molecular complexity index is 340. The van der Waals surface area contributed by atoms with E-state index >= 15 is 0 Å². The summed E-state index contributed by atoms with van der Waals surface area (Å²) >= 11 is 0. The highest BCUT2D eigenvalue weighted by Gasteiger charge is 2.21. The van der Waals surface area contributed by atoms with Crippen LogP contribution in [-0.2, 0) is 17.9 Å². The zero-order valence-electron chi connectivity index (χ0n) is 11.6. The number of furan rings is 1. The van der Waals surface area contributed by atoms with Crippen molar-refractivity contribution in [3.63, 3.8) is 0 Å². The van der Waals surface area contributed by atoms with Crippen molar-refractivity contribution in [1.29, 1.82) is 0 Å². The highest BCUT2D eigenvalue weighted by molar-refractivity contribution is 5.16. The first-order valence-corrected chi connectivity index (χ1v) is 7.19. The van der Waals surface area contributed by atoms with Crippen LogP contribution in [0.5, 0.6) is 0 Å². The van der Waals surface area contributed by atoms with Gasteiger partial charge >= 0.3 is 0 Å². The van der Waals surface area contributed by atoms with Crippen molar-refractivity contribution in [1.82, 2.24) is 5.32 Å². The molecule has 0 spiro atoms. The Hall–Kier alpha value is -0.800. The summed E-state index contributed by atoms with van der Waals surface area (Å²) in [6.07, 6.45) is 6.76. The molecule has 18 heavy (non-hydrogen) atoms. The van der Waals surface area contributed by atoms with Crippen LogP contribution in [0.1, 0.15) is 50.9 Å². The van der Waals surface area contributed by atoms with Gasteiger partial charge in [0.15, 0.2) is 0 Å². The standard InChI is InChI=1S/C15H25NO2/c1-3-12(4-2)10-17-11-13-7-8-18-15(13)9-16-14-5-6-14/h7-8,12,14,16H,3-6,9-11H2,1-2H3. The number of ether oxygens (including phenoxy) is 1. The van der Waals surface area contributed by atoms with Crippen molar-refractivity contribution in [2.45, 2.75) is 58.7 Å².